The molecule has 118 valence electrons. The first-order chi connectivity index (χ1) is 9.93. The predicted molar refractivity (Wildman–Crippen MR) is 83.8 cm³/mol. The highest BCUT2D eigenvalue weighted by Gasteiger charge is 2.11. The molecule has 1 atom stereocenters. The highest BCUT2D eigenvalue weighted by molar-refractivity contribution is 5.77. The van der Waals surface area contributed by atoms with Crippen molar-refractivity contribution in [3.63, 3.8) is 0 Å². The third-order valence-electron chi connectivity index (χ3n) is 2.90. The Kier molecular flexibility index (Phi) is 7.02. The summed E-state index contributed by atoms with van der Waals surface area (Å²) in [7, 11) is 3.41. The molecule has 0 aliphatic carbocycles. The number of nitrogens with two attached hydrogens (primary N) is 1. The van der Waals surface area contributed by atoms with Crippen molar-refractivity contribution in [1.29, 1.82) is 0 Å². The number of ether oxygens (including phenoxy) is 2. The molecule has 1 amide bonds. The van der Waals surface area contributed by atoms with Gasteiger partial charge in [0.15, 0.2) is 6.61 Å². The molecular formula is C16H26N2O3. The fourth-order valence-corrected chi connectivity index (χ4v) is 1.76. The first kappa shape index (κ1) is 17.3. The van der Waals surface area contributed by atoms with Crippen LogP contribution >= 0.6 is 0 Å². The summed E-state index contributed by atoms with van der Waals surface area (Å²) in [6.45, 7) is 4.66. The van der Waals surface area contributed by atoms with Crippen LogP contribution in [0.4, 0.5) is 0 Å². The van der Waals surface area contributed by atoms with E-state index in [4.69, 9.17) is 15.2 Å². The summed E-state index contributed by atoms with van der Waals surface area (Å²) in [6.07, 6.45) is 1.64. The van der Waals surface area contributed by atoms with Crippen LogP contribution in [0.15, 0.2) is 18.2 Å². The molecular weight excluding hydrogens is 268 g/mol. The van der Waals surface area contributed by atoms with Gasteiger partial charge in [-0.1, -0.05) is 13.0 Å². The number of rotatable bonds is 8. The Bertz CT molecular complexity index is 459. The lowest BCUT2D eigenvalue weighted by Crippen LogP contribution is -2.28. The van der Waals surface area contributed by atoms with Gasteiger partial charge in [-0.05, 0) is 31.4 Å². The van der Waals surface area contributed by atoms with E-state index in [1.807, 2.05) is 25.1 Å². The van der Waals surface area contributed by atoms with Crippen molar-refractivity contribution in [3.8, 4) is 11.5 Å². The van der Waals surface area contributed by atoms with Crippen molar-refractivity contribution < 1.29 is 14.3 Å². The maximum atomic E-state index is 11.7. The molecule has 0 aliphatic heterocycles. The van der Waals surface area contributed by atoms with Crippen LogP contribution in [0.3, 0.4) is 0 Å². The Morgan fingerprint density at radius 1 is 1.33 bits per heavy atom. The molecule has 0 spiro atoms. The van der Waals surface area contributed by atoms with Crippen LogP contribution in [0.2, 0.25) is 0 Å². The van der Waals surface area contributed by atoms with Crippen molar-refractivity contribution in [2.24, 2.45) is 5.73 Å². The van der Waals surface area contributed by atoms with Gasteiger partial charge in [0.25, 0.3) is 5.91 Å². The lowest BCUT2D eigenvalue weighted by atomic mass is 10.1. The van der Waals surface area contributed by atoms with E-state index in [0.717, 1.165) is 17.7 Å². The van der Waals surface area contributed by atoms with Gasteiger partial charge in [-0.2, -0.15) is 0 Å². The maximum Gasteiger partial charge on any atom is 0.259 e. The quantitative estimate of drug-likeness (QED) is 0.794. The second kappa shape index (κ2) is 8.52. The number of benzene rings is 1. The Labute approximate surface area is 127 Å². The van der Waals surface area contributed by atoms with E-state index >= 15 is 0 Å². The number of likely N-dealkylation sites (N-methyl/N-ethyl adjacent to an activating group) is 1. The van der Waals surface area contributed by atoms with E-state index in [1.165, 1.54) is 4.90 Å². The van der Waals surface area contributed by atoms with Crippen LogP contribution in [0.25, 0.3) is 0 Å². The van der Waals surface area contributed by atoms with Crippen LogP contribution in [0.1, 0.15) is 25.8 Å². The van der Waals surface area contributed by atoms with Crippen molar-refractivity contribution in [3.05, 3.63) is 23.8 Å². The average molecular weight is 294 g/mol. The molecule has 1 aromatic rings. The second-order valence-electron chi connectivity index (χ2n) is 5.38. The summed E-state index contributed by atoms with van der Waals surface area (Å²) >= 11 is 0. The van der Waals surface area contributed by atoms with E-state index < -0.39 is 0 Å². The minimum Gasteiger partial charge on any atom is -0.493 e. The van der Waals surface area contributed by atoms with E-state index in [0.29, 0.717) is 18.8 Å². The summed E-state index contributed by atoms with van der Waals surface area (Å²) in [5, 5.41) is 0. The van der Waals surface area contributed by atoms with Gasteiger partial charge in [-0.3, -0.25) is 4.79 Å². The van der Waals surface area contributed by atoms with Crippen LogP contribution in [0.5, 0.6) is 11.5 Å². The van der Waals surface area contributed by atoms with Crippen LogP contribution in [-0.4, -0.2) is 44.2 Å². The molecule has 5 nitrogen and oxygen atoms in total. The van der Waals surface area contributed by atoms with Gasteiger partial charge in [0, 0.05) is 26.2 Å². The number of amides is 1. The van der Waals surface area contributed by atoms with Crippen LogP contribution in [-0.2, 0) is 11.2 Å². The molecule has 0 aromatic heterocycles. The monoisotopic (exact) mass is 294 g/mol. The minimum atomic E-state index is -0.0818. The summed E-state index contributed by atoms with van der Waals surface area (Å²) < 4.78 is 11.3. The smallest absolute Gasteiger partial charge is 0.259 e. The molecule has 2 N–H and O–H groups in total. The molecule has 0 fully saturated rings. The fourth-order valence-electron chi connectivity index (χ4n) is 1.76. The number of hydrogen-bond acceptors (Lipinski definition) is 4. The van der Waals surface area contributed by atoms with E-state index in [2.05, 4.69) is 6.92 Å². The van der Waals surface area contributed by atoms with Gasteiger partial charge in [-0.15, -0.1) is 0 Å². The van der Waals surface area contributed by atoms with Crippen molar-refractivity contribution in [2.75, 3.05) is 27.3 Å². The predicted octanol–water partition coefficient (Wildman–Crippen LogP) is 1.83. The standard InChI is InChI=1S/C16H26N2O3/c1-5-8-20-14-7-6-13(9-12(2)17)15(10-14)21-11-16(19)18(3)4/h6-7,10,12H,5,8-9,11,17H2,1-4H3. The zero-order valence-electron chi connectivity index (χ0n) is 13.4. The van der Waals surface area contributed by atoms with Crippen molar-refractivity contribution >= 4 is 5.91 Å². The zero-order valence-corrected chi connectivity index (χ0v) is 13.4. The molecule has 0 saturated carbocycles. The van der Waals surface area contributed by atoms with Gasteiger partial charge in [0.2, 0.25) is 0 Å². The number of hydrogen-bond donors (Lipinski definition) is 1. The van der Waals surface area contributed by atoms with Gasteiger partial charge >= 0.3 is 0 Å². The van der Waals surface area contributed by atoms with E-state index in [-0.39, 0.29) is 18.6 Å². The van der Waals surface area contributed by atoms with Crippen LogP contribution < -0.4 is 15.2 Å². The summed E-state index contributed by atoms with van der Waals surface area (Å²) in [6, 6.07) is 5.72. The second-order valence-corrected chi connectivity index (χ2v) is 5.38. The number of carbonyl (C=O) groups is 1. The maximum absolute atomic E-state index is 11.7. The summed E-state index contributed by atoms with van der Waals surface area (Å²) in [4.78, 5) is 13.2. The number of carbonyl (C=O) groups excluding carboxylic acids is 1. The van der Waals surface area contributed by atoms with Crippen LogP contribution in [0, 0.1) is 0 Å². The van der Waals surface area contributed by atoms with Gasteiger partial charge in [0.05, 0.1) is 6.61 Å². The third-order valence-corrected chi connectivity index (χ3v) is 2.90. The highest BCUT2D eigenvalue weighted by Crippen LogP contribution is 2.26. The van der Waals surface area contributed by atoms with Gasteiger partial charge in [0.1, 0.15) is 11.5 Å². The first-order valence-electron chi connectivity index (χ1n) is 7.28. The Morgan fingerprint density at radius 3 is 2.62 bits per heavy atom. The number of nitrogens with zero attached hydrogens (tertiary/aromatic N) is 1. The lowest BCUT2D eigenvalue weighted by molar-refractivity contribution is -0.130. The highest BCUT2D eigenvalue weighted by atomic mass is 16.5. The molecule has 1 aromatic carbocycles. The molecule has 0 radical (unpaired) electrons. The van der Waals surface area contributed by atoms with E-state index in [9.17, 15) is 4.79 Å². The Balaban J connectivity index is 2.85. The molecule has 21 heavy (non-hydrogen) atoms. The molecule has 0 bridgehead atoms. The molecule has 0 heterocycles. The fraction of sp³-hybridized carbons (Fsp3) is 0.562. The molecule has 5 heteroatoms. The SMILES string of the molecule is CCCOc1ccc(CC(C)N)c(OCC(=O)N(C)C)c1. The Morgan fingerprint density at radius 2 is 2.05 bits per heavy atom. The molecule has 0 aliphatic rings. The normalized spacial score (nSPS) is 11.9. The zero-order chi connectivity index (χ0) is 15.8. The Hall–Kier alpha value is -1.75. The van der Waals surface area contributed by atoms with Crippen molar-refractivity contribution in [1.82, 2.24) is 4.90 Å². The largest absolute Gasteiger partial charge is 0.493 e. The topological polar surface area (TPSA) is 64.8 Å². The molecule has 0 saturated heterocycles. The summed E-state index contributed by atoms with van der Waals surface area (Å²) in [5.74, 6) is 1.33. The first-order valence-corrected chi connectivity index (χ1v) is 7.28. The van der Waals surface area contributed by atoms with Crippen molar-refractivity contribution in [2.45, 2.75) is 32.7 Å². The summed E-state index contributed by atoms with van der Waals surface area (Å²) in [5.41, 5.74) is 6.84. The molecule has 1 rings (SSSR count). The minimum absolute atomic E-state index is 0.0101. The van der Waals surface area contributed by atoms with Gasteiger partial charge < -0.3 is 20.1 Å². The van der Waals surface area contributed by atoms with Gasteiger partial charge in [-0.25, -0.2) is 0 Å². The third kappa shape index (κ3) is 6.04. The molecule has 1 unspecified atom stereocenters. The lowest BCUT2D eigenvalue weighted by Gasteiger charge is -2.16. The average Bonchev–Trinajstić information content (AvgIpc) is 2.43. The van der Waals surface area contributed by atoms with E-state index in [1.54, 1.807) is 14.1 Å².